The minimum atomic E-state index is -0.529. The van der Waals surface area contributed by atoms with Gasteiger partial charge in [-0.3, -0.25) is 9.69 Å². The Morgan fingerprint density at radius 3 is 2.53 bits per heavy atom. The molecule has 30 heavy (non-hydrogen) atoms. The maximum absolute atomic E-state index is 12.5. The molecule has 1 atom stereocenters. The molecule has 0 bridgehead atoms. The van der Waals surface area contributed by atoms with Crippen LogP contribution in [0.2, 0.25) is 0 Å². The molecule has 3 rings (SSSR count). The summed E-state index contributed by atoms with van der Waals surface area (Å²) in [7, 11) is 1.69. The summed E-state index contributed by atoms with van der Waals surface area (Å²) in [6.07, 6.45) is 1.66. The highest BCUT2D eigenvalue weighted by atomic mass is 79.9. The van der Waals surface area contributed by atoms with Gasteiger partial charge in [-0.1, -0.05) is 18.2 Å². The Morgan fingerprint density at radius 2 is 1.90 bits per heavy atom. The van der Waals surface area contributed by atoms with Gasteiger partial charge in [-0.2, -0.15) is 0 Å². The van der Waals surface area contributed by atoms with Gasteiger partial charge in [0.15, 0.2) is 6.10 Å². The molecule has 0 saturated carbocycles. The average molecular weight is 475 g/mol. The molecule has 1 aliphatic rings. The Hall–Kier alpha value is -2.05. The van der Waals surface area contributed by atoms with E-state index < -0.39 is 6.10 Å². The van der Waals surface area contributed by atoms with E-state index in [1.807, 2.05) is 37.3 Å². The molecule has 0 aliphatic carbocycles. The van der Waals surface area contributed by atoms with Gasteiger partial charge >= 0.3 is 0 Å². The molecule has 1 saturated heterocycles. The van der Waals surface area contributed by atoms with E-state index in [2.05, 4.69) is 38.3 Å². The Morgan fingerprint density at radius 1 is 1.20 bits per heavy atom. The second kappa shape index (κ2) is 10.8. The molecular formula is C24H31BrN2O3. The number of halogens is 1. The van der Waals surface area contributed by atoms with Crippen LogP contribution < -0.4 is 14.8 Å². The third-order valence-corrected chi connectivity index (χ3v) is 6.22. The van der Waals surface area contributed by atoms with Crippen LogP contribution in [0.4, 0.5) is 0 Å². The summed E-state index contributed by atoms with van der Waals surface area (Å²) < 4.78 is 11.9. The summed E-state index contributed by atoms with van der Waals surface area (Å²) in [4.78, 5) is 14.9. The number of piperidine rings is 1. The molecule has 0 spiro atoms. The summed E-state index contributed by atoms with van der Waals surface area (Å²) in [5.41, 5.74) is 2.44. The third kappa shape index (κ3) is 6.47. The molecule has 162 valence electrons. The smallest absolute Gasteiger partial charge is 0.260 e. The molecule has 1 N–H and O–H groups in total. The first kappa shape index (κ1) is 22.6. The first-order chi connectivity index (χ1) is 14.4. The topological polar surface area (TPSA) is 50.8 Å². The Labute approximate surface area is 187 Å². The number of nitrogens with zero attached hydrogens (tertiary/aromatic N) is 1. The van der Waals surface area contributed by atoms with Crippen LogP contribution in [-0.2, 0) is 11.3 Å². The van der Waals surface area contributed by atoms with E-state index in [9.17, 15) is 4.79 Å². The monoisotopic (exact) mass is 474 g/mol. The van der Waals surface area contributed by atoms with Crippen molar-refractivity contribution in [1.29, 1.82) is 0 Å². The molecule has 1 unspecified atom stereocenters. The highest BCUT2D eigenvalue weighted by Gasteiger charge is 2.22. The van der Waals surface area contributed by atoms with Crippen molar-refractivity contribution in [2.75, 3.05) is 26.7 Å². The number of hydrogen-bond acceptors (Lipinski definition) is 4. The van der Waals surface area contributed by atoms with Crippen LogP contribution in [0, 0.1) is 12.8 Å². The maximum atomic E-state index is 12.5. The zero-order chi connectivity index (χ0) is 21.5. The second-order valence-electron chi connectivity index (χ2n) is 8.01. The molecule has 5 nitrogen and oxygen atoms in total. The molecule has 6 heteroatoms. The summed E-state index contributed by atoms with van der Waals surface area (Å²) in [5.74, 6) is 2.03. The van der Waals surface area contributed by atoms with E-state index in [0.717, 1.165) is 48.3 Å². The third-order valence-electron chi connectivity index (χ3n) is 5.60. The molecular weight excluding hydrogens is 444 g/mol. The molecule has 0 aromatic heterocycles. The second-order valence-corrected chi connectivity index (χ2v) is 8.86. The van der Waals surface area contributed by atoms with E-state index in [0.29, 0.717) is 18.2 Å². The number of methoxy groups -OCH3 is 1. The van der Waals surface area contributed by atoms with Gasteiger partial charge in [-0.05, 0) is 97.0 Å². The zero-order valence-electron chi connectivity index (χ0n) is 18.0. The summed E-state index contributed by atoms with van der Waals surface area (Å²) >= 11 is 3.50. The van der Waals surface area contributed by atoms with Crippen LogP contribution in [0.15, 0.2) is 46.9 Å². The number of ether oxygens (including phenoxy) is 2. The minimum absolute atomic E-state index is 0.0665. The van der Waals surface area contributed by atoms with Crippen LogP contribution >= 0.6 is 15.9 Å². The lowest BCUT2D eigenvalue weighted by Gasteiger charge is -2.32. The number of nitrogens with one attached hydrogen (secondary N) is 1. The predicted octanol–water partition coefficient (Wildman–Crippen LogP) is 4.56. The number of aryl methyl sites for hydroxylation is 1. The molecule has 2 aromatic carbocycles. The van der Waals surface area contributed by atoms with Crippen molar-refractivity contribution in [2.24, 2.45) is 5.92 Å². The van der Waals surface area contributed by atoms with Gasteiger partial charge in [0.05, 0.1) is 11.6 Å². The molecule has 2 aromatic rings. The number of rotatable bonds is 8. The van der Waals surface area contributed by atoms with Crippen LogP contribution in [0.1, 0.15) is 30.9 Å². The number of carbonyl (C=O) groups excluding carboxylic acids is 1. The molecule has 1 aliphatic heterocycles. The number of amides is 1. The van der Waals surface area contributed by atoms with E-state index in [4.69, 9.17) is 9.47 Å². The van der Waals surface area contributed by atoms with Crippen molar-refractivity contribution >= 4 is 21.8 Å². The predicted molar refractivity (Wildman–Crippen MR) is 123 cm³/mol. The quantitative estimate of drug-likeness (QED) is 0.608. The first-order valence-corrected chi connectivity index (χ1v) is 11.3. The summed E-state index contributed by atoms with van der Waals surface area (Å²) in [5, 5.41) is 3.07. The fourth-order valence-electron chi connectivity index (χ4n) is 3.67. The van der Waals surface area contributed by atoms with Gasteiger partial charge < -0.3 is 14.8 Å². The SMILES string of the molecule is COc1ccc(CN2CCC(CNC(=O)C(C)Oc3ccc(C)cc3Br)CC2)cc1. The lowest BCUT2D eigenvalue weighted by Crippen LogP contribution is -2.42. The maximum Gasteiger partial charge on any atom is 0.260 e. The van der Waals surface area contributed by atoms with Crippen molar-refractivity contribution in [3.8, 4) is 11.5 Å². The van der Waals surface area contributed by atoms with Crippen molar-refractivity contribution in [1.82, 2.24) is 10.2 Å². The fraction of sp³-hybridized carbons (Fsp3) is 0.458. The van der Waals surface area contributed by atoms with Crippen molar-refractivity contribution in [3.63, 3.8) is 0 Å². The minimum Gasteiger partial charge on any atom is -0.497 e. The van der Waals surface area contributed by atoms with E-state index in [1.54, 1.807) is 14.0 Å². The Balaban J connectivity index is 1.38. The summed E-state index contributed by atoms with van der Waals surface area (Å²) in [6.45, 7) is 7.58. The standard InChI is InChI=1S/C24H31BrN2O3/c1-17-4-9-23(22(25)14-17)30-18(2)24(28)26-15-19-10-12-27(13-11-19)16-20-5-7-21(29-3)8-6-20/h4-9,14,18-19H,10-13,15-16H2,1-3H3,(H,26,28). The fourth-order valence-corrected chi connectivity index (χ4v) is 4.26. The summed E-state index contributed by atoms with van der Waals surface area (Å²) in [6, 6.07) is 14.1. The molecule has 1 fully saturated rings. The molecule has 1 amide bonds. The van der Waals surface area contributed by atoms with Gasteiger partial charge in [0, 0.05) is 13.1 Å². The molecule has 0 radical (unpaired) electrons. The van der Waals surface area contributed by atoms with Crippen molar-refractivity contribution < 1.29 is 14.3 Å². The van der Waals surface area contributed by atoms with Gasteiger partial charge in [-0.25, -0.2) is 0 Å². The highest BCUT2D eigenvalue weighted by molar-refractivity contribution is 9.10. The van der Waals surface area contributed by atoms with Crippen molar-refractivity contribution in [3.05, 3.63) is 58.1 Å². The zero-order valence-corrected chi connectivity index (χ0v) is 19.6. The Bertz CT molecular complexity index is 833. The van der Waals surface area contributed by atoms with Crippen LogP contribution in [0.25, 0.3) is 0 Å². The lowest BCUT2D eigenvalue weighted by atomic mass is 9.96. The number of likely N-dealkylation sites (tertiary alicyclic amines) is 1. The number of carbonyl (C=O) groups is 1. The Kier molecular flexibility index (Phi) is 8.16. The van der Waals surface area contributed by atoms with E-state index in [1.165, 1.54) is 5.56 Å². The largest absolute Gasteiger partial charge is 0.497 e. The highest BCUT2D eigenvalue weighted by Crippen LogP contribution is 2.26. The van der Waals surface area contributed by atoms with E-state index >= 15 is 0 Å². The van der Waals surface area contributed by atoms with Crippen molar-refractivity contribution in [2.45, 2.75) is 39.3 Å². The van der Waals surface area contributed by atoms with Gasteiger partial charge in [0.1, 0.15) is 11.5 Å². The van der Waals surface area contributed by atoms with Crippen LogP contribution in [-0.4, -0.2) is 43.7 Å². The number of hydrogen-bond donors (Lipinski definition) is 1. The lowest BCUT2D eigenvalue weighted by molar-refractivity contribution is -0.127. The molecule has 1 heterocycles. The van der Waals surface area contributed by atoms with Gasteiger partial charge in [-0.15, -0.1) is 0 Å². The van der Waals surface area contributed by atoms with Gasteiger partial charge in [0.2, 0.25) is 0 Å². The van der Waals surface area contributed by atoms with Gasteiger partial charge in [0.25, 0.3) is 5.91 Å². The average Bonchev–Trinajstić information content (AvgIpc) is 2.75. The van der Waals surface area contributed by atoms with E-state index in [-0.39, 0.29) is 5.91 Å². The normalized spacial score (nSPS) is 16.1. The number of benzene rings is 2. The van der Waals surface area contributed by atoms with Crippen LogP contribution in [0.5, 0.6) is 11.5 Å². The first-order valence-electron chi connectivity index (χ1n) is 10.5. The van der Waals surface area contributed by atoms with Crippen LogP contribution in [0.3, 0.4) is 0 Å².